The summed E-state index contributed by atoms with van der Waals surface area (Å²) in [5, 5.41) is 6.39. The van der Waals surface area contributed by atoms with Gasteiger partial charge >= 0.3 is 0 Å². The predicted octanol–water partition coefficient (Wildman–Crippen LogP) is -0.331. The molecule has 1 atom stereocenters. The normalized spacial score (nSPS) is 27.8. The Labute approximate surface area is 115 Å². The molecule has 2 N–H and O–H groups in total. The molecule has 2 saturated heterocycles. The Morgan fingerprint density at radius 3 is 2.53 bits per heavy atom. The Hall–Kier alpha value is -0.660. The lowest BCUT2D eigenvalue weighted by Gasteiger charge is -2.32. The van der Waals surface area contributed by atoms with Gasteiger partial charge in [-0.2, -0.15) is 0 Å². The zero-order valence-corrected chi connectivity index (χ0v) is 12.2. The third-order valence-corrected chi connectivity index (χ3v) is 5.18. The van der Waals surface area contributed by atoms with Crippen LogP contribution in [-0.4, -0.2) is 56.6 Å². The highest BCUT2D eigenvalue weighted by Crippen LogP contribution is 2.16. The van der Waals surface area contributed by atoms with Crippen molar-refractivity contribution in [2.75, 3.05) is 25.9 Å². The van der Waals surface area contributed by atoms with Crippen molar-refractivity contribution in [3.05, 3.63) is 0 Å². The van der Waals surface area contributed by atoms with E-state index in [2.05, 4.69) is 10.6 Å². The van der Waals surface area contributed by atoms with Gasteiger partial charge < -0.3 is 10.6 Å². The van der Waals surface area contributed by atoms with E-state index in [4.69, 9.17) is 0 Å². The molecule has 19 heavy (non-hydrogen) atoms. The fourth-order valence-electron chi connectivity index (χ4n) is 2.80. The van der Waals surface area contributed by atoms with Gasteiger partial charge in [-0.3, -0.25) is 4.79 Å². The van der Waals surface area contributed by atoms with Crippen molar-refractivity contribution in [1.29, 1.82) is 0 Å². The minimum Gasteiger partial charge on any atom is -0.356 e. The number of carbonyl (C=O) groups excluding carboxylic acids is 1. The zero-order valence-electron chi connectivity index (χ0n) is 11.4. The van der Waals surface area contributed by atoms with Crippen LogP contribution in [0.25, 0.3) is 0 Å². The standard InChI is InChI=1S/C12H23N3O3S/c1-19(17,18)15-7-4-10(5-8-15)14-11-3-2-6-13-12(16)9-11/h10-11,14H,2-9H2,1H3,(H,13,16). The van der Waals surface area contributed by atoms with Crippen LogP contribution in [0.4, 0.5) is 0 Å². The van der Waals surface area contributed by atoms with E-state index in [0.29, 0.717) is 25.6 Å². The maximum atomic E-state index is 11.5. The molecule has 1 unspecified atom stereocenters. The Morgan fingerprint density at radius 2 is 1.89 bits per heavy atom. The molecule has 2 aliphatic rings. The van der Waals surface area contributed by atoms with Crippen molar-refractivity contribution in [1.82, 2.24) is 14.9 Å². The number of piperidine rings is 1. The molecule has 0 aromatic heterocycles. The lowest BCUT2D eigenvalue weighted by molar-refractivity contribution is -0.121. The van der Waals surface area contributed by atoms with Gasteiger partial charge in [0.1, 0.15) is 0 Å². The number of nitrogens with one attached hydrogen (secondary N) is 2. The Bertz CT molecular complexity index is 416. The predicted molar refractivity (Wildman–Crippen MR) is 73.2 cm³/mol. The Morgan fingerprint density at radius 1 is 1.21 bits per heavy atom. The zero-order chi connectivity index (χ0) is 13.9. The van der Waals surface area contributed by atoms with Gasteiger partial charge in [-0.25, -0.2) is 12.7 Å². The molecule has 110 valence electrons. The molecular weight excluding hydrogens is 266 g/mol. The summed E-state index contributed by atoms with van der Waals surface area (Å²) in [6, 6.07) is 0.561. The van der Waals surface area contributed by atoms with Gasteiger partial charge in [0.2, 0.25) is 15.9 Å². The van der Waals surface area contributed by atoms with Crippen LogP contribution < -0.4 is 10.6 Å². The first-order valence-electron chi connectivity index (χ1n) is 6.93. The maximum absolute atomic E-state index is 11.5. The van der Waals surface area contributed by atoms with Crippen molar-refractivity contribution < 1.29 is 13.2 Å². The molecule has 2 aliphatic heterocycles. The first-order valence-corrected chi connectivity index (χ1v) is 8.78. The highest BCUT2D eigenvalue weighted by Gasteiger charge is 2.27. The van der Waals surface area contributed by atoms with Crippen LogP contribution in [0.2, 0.25) is 0 Å². The van der Waals surface area contributed by atoms with Crippen molar-refractivity contribution in [2.24, 2.45) is 0 Å². The number of rotatable bonds is 3. The van der Waals surface area contributed by atoms with E-state index in [-0.39, 0.29) is 11.9 Å². The quantitative estimate of drug-likeness (QED) is 0.745. The fourth-order valence-corrected chi connectivity index (χ4v) is 3.68. The number of nitrogens with zero attached hydrogens (tertiary/aromatic N) is 1. The molecule has 0 aromatic carbocycles. The highest BCUT2D eigenvalue weighted by molar-refractivity contribution is 7.88. The number of sulfonamides is 1. The monoisotopic (exact) mass is 289 g/mol. The molecule has 0 saturated carbocycles. The number of hydrogen-bond acceptors (Lipinski definition) is 4. The topological polar surface area (TPSA) is 78.5 Å². The van der Waals surface area contributed by atoms with Crippen LogP contribution in [0, 0.1) is 0 Å². The summed E-state index contributed by atoms with van der Waals surface area (Å²) in [7, 11) is -3.06. The van der Waals surface area contributed by atoms with Gasteiger partial charge in [-0.15, -0.1) is 0 Å². The van der Waals surface area contributed by atoms with E-state index in [1.807, 2.05) is 0 Å². The molecule has 1 amide bonds. The molecule has 2 rings (SSSR count). The highest BCUT2D eigenvalue weighted by atomic mass is 32.2. The summed E-state index contributed by atoms with van der Waals surface area (Å²) in [6.07, 6.45) is 5.45. The SMILES string of the molecule is CS(=O)(=O)N1CCC(NC2CCCNC(=O)C2)CC1. The van der Waals surface area contributed by atoms with E-state index >= 15 is 0 Å². The van der Waals surface area contributed by atoms with Crippen LogP contribution in [-0.2, 0) is 14.8 Å². The van der Waals surface area contributed by atoms with Crippen LogP contribution in [0.1, 0.15) is 32.1 Å². The van der Waals surface area contributed by atoms with Gasteiger partial charge in [0.05, 0.1) is 6.26 Å². The Balaban J connectivity index is 1.80. The van der Waals surface area contributed by atoms with E-state index in [9.17, 15) is 13.2 Å². The fraction of sp³-hybridized carbons (Fsp3) is 0.917. The second-order valence-corrected chi connectivity index (χ2v) is 7.48. The van der Waals surface area contributed by atoms with Crippen molar-refractivity contribution in [2.45, 2.75) is 44.2 Å². The van der Waals surface area contributed by atoms with E-state index in [0.717, 1.165) is 32.2 Å². The molecule has 0 aliphatic carbocycles. The number of carbonyl (C=O) groups is 1. The first-order chi connectivity index (χ1) is 8.95. The summed E-state index contributed by atoms with van der Waals surface area (Å²) in [5.41, 5.74) is 0. The minimum absolute atomic E-state index is 0.114. The molecule has 6 nitrogen and oxygen atoms in total. The van der Waals surface area contributed by atoms with Gasteiger partial charge in [-0.05, 0) is 25.7 Å². The largest absolute Gasteiger partial charge is 0.356 e. The van der Waals surface area contributed by atoms with Crippen molar-refractivity contribution in [3.8, 4) is 0 Å². The second-order valence-electron chi connectivity index (χ2n) is 5.50. The van der Waals surface area contributed by atoms with Gasteiger partial charge in [-0.1, -0.05) is 0 Å². The lowest BCUT2D eigenvalue weighted by Crippen LogP contribution is -2.48. The van der Waals surface area contributed by atoms with Gasteiger partial charge in [0, 0.05) is 38.1 Å². The van der Waals surface area contributed by atoms with Crippen LogP contribution in [0.3, 0.4) is 0 Å². The molecule has 0 aromatic rings. The van der Waals surface area contributed by atoms with Gasteiger partial charge in [0.25, 0.3) is 0 Å². The Kier molecular flexibility index (Phi) is 4.81. The summed E-state index contributed by atoms with van der Waals surface area (Å²) in [5.74, 6) is 0.114. The minimum atomic E-state index is -3.06. The first kappa shape index (κ1) is 14.7. The van der Waals surface area contributed by atoms with E-state index in [1.54, 1.807) is 0 Å². The van der Waals surface area contributed by atoms with Crippen LogP contribution in [0.15, 0.2) is 0 Å². The lowest BCUT2D eigenvalue weighted by atomic mass is 10.0. The van der Waals surface area contributed by atoms with E-state index < -0.39 is 10.0 Å². The summed E-state index contributed by atoms with van der Waals surface area (Å²) in [4.78, 5) is 11.5. The number of hydrogen-bond donors (Lipinski definition) is 2. The van der Waals surface area contributed by atoms with Crippen LogP contribution in [0.5, 0.6) is 0 Å². The molecule has 2 heterocycles. The average molecular weight is 289 g/mol. The molecule has 0 radical (unpaired) electrons. The van der Waals surface area contributed by atoms with E-state index in [1.165, 1.54) is 10.6 Å². The molecule has 0 spiro atoms. The summed E-state index contributed by atoms with van der Waals surface area (Å²) >= 11 is 0. The summed E-state index contributed by atoms with van der Waals surface area (Å²) < 4.78 is 24.4. The molecule has 2 fully saturated rings. The van der Waals surface area contributed by atoms with Gasteiger partial charge in [0.15, 0.2) is 0 Å². The third kappa shape index (κ3) is 4.43. The molecule has 7 heteroatoms. The van der Waals surface area contributed by atoms with Crippen molar-refractivity contribution >= 4 is 15.9 Å². The third-order valence-electron chi connectivity index (χ3n) is 3.88. The molecular formula is C12H23N3O3S. The summed E-state index contributed by atoms with van der Waals surface area (Å²) in [6.45, 7) is 1.92. The average Bonchev–Trinajstić information content (AvgIpc) is 2.53. The second kappa shape index (κ2) is 6.19. The molecule has 0 bridgehead atoms. The maximum Gasteiger partial charge on any atom is 0.221 e. The van der Waals surface area contributed by atoms with Crippen LogP contribution >= 0.6 is 0 Å². The number of amides is 1. The smallest absolute Gasteiger partial charge is 0.221 e. The van der Waals surface area contributed by atoms with Crippen molar-refractivity contribution in [3.63, 3.8) is 0 Å².